The molecular formula is C29H22F2N4O6. The fourth-order valence-electron chi connectivity index (χ4n) is 4.11. The van der Waals surface area contributed by atoms with Crippen LogP contribution in [0.5, 0.6) is 23.1 Å². The van der Waals surface area contributed by atoms with Crippen molar-refractivity contribution in [2.45, 2.75) is 6.61 Å². The van der Waals surface area contributed by atoms with Crippen LogP contribution >= 0.6 is 0 Å². The maximum atomic E-state index is 15.1. The lowest BCUT2D eigenvalue weighted by atomic mass is 10.2. The first-order valence-corrected chi connectivity index (χ1v) is 12.1. The summed E-state index contributed by atoms with van der Waals surface area (Å²) in [7, 11) is 2.89. The van der Waals surface area contributed by atoms with Crippen molar-refractivity contribution in [1.29, 1.82) is 0 Å². The van der Waals surface area contributed by atoms with Gasteiger partial charge >= 0.3 is 0 Å². The van der Waals surface area contributed by atoms with Gasteiger partial charge in [0.05, 0.1) is 32.0 Å². The molecule has 208 valence electrons. The highest BCUT2D eigenvalue weighted by atomic mass is 19.1. The summed E-state index contributed by atoms with van der Waals surface area (Å²) in [6.45, 7) is -0.496. The van der Waals surface area contributed by atoms with Gasteiger partial charge in [-0.15, -0.1) is 0 Å². The lowest BCUT2D eigenvalue weighted by Crippen LogP contribution is -2.30. The summed E-state index contributed by atoms with van der Waals surface area (Å²) in [5.41, 5.74) is 0.240. The smallest absolute Gasteiger partial charge is 0.268 e. The zero-order valence-electron chi connectivity index (χ0n) is 21.7. The van der Waals surface area contributed by atoms with E-state index in [1.807, 2.05) is 0 Å². The summed E-state index contributed by atoms with van der Waals surface area (Å²) >= 11 is 0. The van der Waals surface area contributed by atoms with E-state index in [9.17, 15) is 19.1 Å². The Labute approximate surface area is 231 Å². The van der Waals surface area contributed by atoms with E-state index >= 15 is 4.39 Å². The monoisotopic (exact) mass is 560 g/mol. The van der Waals surface area contributed by atoms with Gasteiger partial charge in [0.1, 0.15) is 16.9 Å². The van der Waals surface area contributed by atoms with Gasteiger partial charge < -0.3 is 24.6 Å². The number of fused-ring (bicyclic) bond motifs is 1. The predicted octanol–water partition coefficient (Wildman–Crippen LogP) is 4.61. The number of aliphatic hydroxyl groups excluding tert-OH is 1. The fourth-order valence-corrected chi connectivity index (χ4v) is 4.11. The number of carbonyl (C=O) groups is 1. The van der Waals surface area contributed by atoms with Crippen LogP contribution in [-0.2, 0) is 6.61 Å². The number of methoxy groups -OCH3 is 2. The van der Waals surface area contributed by atoms with Crippen molar-refractivity contribution in [2.75, 3.05) is 19.5 Å². The molecule has 0 saturated heterocycles. The zero-order chi connectivity index (χ0) is 29.1. The van der Waals surface area contributed by atoms with E-state index < -0.39 is 29.7 Å². The van der Waals surface area contributed by atoms with Crippen molar-refractivity contribution in [3.05, 3.63) is 106 Å². The standard InChI is InChI=1S/C29H22F2N4O6/c1-39-25-14-22-26(34-28(25)40-2)24(11-12-32-22)41-23-10-5-17(13-21(23)31)33-27(37)20-9-8-19(15-36)35(29(20)38)18-6-3-16(30)4-7-18/h3-14,36H,15H2,1-2H3,(H,33,37). The normalized spacial score (nSPS) is 10.9. The number of carbonyl (C=O) groups excluding carboxylic acids is 1. The second-order valence-corrected chi connectivity index (χ2v) is 8.59. The van der Waals surface area contributed by atoms with Crippen LogP contribution in [0.25, 0.3) is 16.7 Å². The first-order chi connectivity index (χ1) is 19.8. The molecule has 0 bridgehead atoms. The van der Waals surface area contributed by atoms with Crippen LogP contribution in [0.3, 0.4) is 0 Å². The van der Waals surface area contributed by atoms with Gasteiger partial charge in [-0.1, -0.05) is 0 Å². The molecule has 12 heteroatoms. The Morgan fingerprint density at radius 1 is 0.951 bits per heavy atom. The van der Waals surface area contributed by atoms with E-state index in [-0.39, 0.29) is 40.0 Å². The maximum absolute atomic E-state index is 15.1. The minimum atomic E-state index is -0.811. The highest BCUT2D eigenvalue weighted by molar-refractivity contribution is 6.04. The molecule has 0 radical (unpaired) electrons. The number of hydrogen-bond acceptors (Lipinski definition) is 8. The first kappa shape index (κ1) is 27.2. The van der Waals surface area contributed by atoms with Crippen LogP contribution in [0.4, 0.5) is 14.5 Å². The minimum absolute atomic E-state index is 0.0583. The topological polar surface area (TPSA) is 125 Å². The van der Waals surface area contributed by atoms with Crippen molar-refractivity contribution in [1.82, 2.24) is 14.5 Å². The molecule has 5 rings (SSSR count). The third kappa shape index (κ3) is 5.40. The summed E-state index contributed by atoms with van der Waals surface area (Å²) in [4.78, 5) is 34.7. The number of amides is 1. The lowest BCUT2D eigenvalue weighted by molar-refractivity contribution is 0.102. The minimum Gasteiger partial charge on any atom is -0.491 e. The number of ether oxygens (including phenoxy) is 3. The van der Waals surface area contributed by atoms with E-state index in [0.717, 1.165) is 22.8 Å². The number of rotatable bonds is 8. The summed E-state index contributed by atoms with van der Waals surface area (Å²) < 4.78 is 45.8. The third-order valence-corrected chi connectivity index (χ3v) is 6.08. The van der Waals surface area contributed by atoms with Crippen molar-refractivity contribution >= 4 is 22.6 Å². The highest BCUT2D eigenvalue weighted by Crippen LogP contribution is 2.35. The number of nitrogens with one attached hydrogen (secondary N) is 1. The average molecular weight is 561 g/mol. The molecule has 3 heterocycles. The maximum Gasteiger partial charge on any atom is 0.268 e. The van der Waals surface area contributed by atoms with Crippen molar-refractivity contribution < 1.29 is 32.9 Å². The van der Waals surface area contributed by atoms with Gasteiger partial charge in [-0.25, -0.2) is 13.8 Å². The number of benzene rings is 2. The van der Waals surface area contributed by atoms with Crippen molar-refractivity contribution in [3.63, 3.8) is 0 Å². The predicted molar refractivity (Wildman–Crippen MR) is 145 cm³/mol. The number of pyridine rings is 3. The van der Waals surface area contributed by atoms with Crippen LogP contribution in [0.2, 0.25) is 0 Å². The van der Waals surface area contributed by atoms with Crippen LogP contribution in [0, 0.1) is 11.6 Å². The van der Waals surface area contributed by atoms with Crippen LogP contribution in [0.15, 0.2) is 77.7 Å². The number of nitrogens with zero attached hydrogens (tertiary/aromatic N) is 3. The van der Waals surface area contributed by atoms with Gasteiger partial charge in [0.2, 0.25) is 0 Å². The number of aliphatic hydroxyl groups is 1. The number of aromatic nitrogens is 3. The second-order valence-electron chi connectivity index (χ2n) is 8.59. The first-order valence-electron chi connectivity index (χ1n) is 12.1. The molecule has 10 nitrogen and oxygen atoms in total. The molecule has 0 unspecified atom stereocenters. The molecule has 0 aliphatic carbocycles. The van der Waals surface area contributed by atoms with Gasteiger partial charge in [0.25, 0.3) is 17.3 Å². The molecular weight excluding hydrogens is 538 g/mol. The van der Waals surface area contributed by atoms with E-state index in [2.05, 4.69) is 15.3 Å². The van der Waals surface area contributed by atoms with Crippen molar-refractivity contribution in [2.24, 2.45) is 0 Å². The zero-order valence-corrected chi connectivity index (χ0v) is 21.7. The van der Waals surface area contributed by atoms with Gasteiger partial charge in [-0.2, -0.15) is 0 Å². The Morgan fingerprint density at radius 2 is 1.73 bits per heavy atom. The molecule has 0 aliphatic heterocycles. The lowest BCUT2D eigenvalue weighted by Gasteiger charge is -2.14. The summed E-state index contributed by atoms with van der Waals surface area (Å²) in [5, 5.41) is 12.2. The van der Waals surface area contributed by atoms with E-state index in [1.165, 1.54) is 62.9 Å². The summed E-state index contributed by atoms with van der Waals surface area (Å²) in [6, 6.07) is 14.5. The molecule has 0 atom stereocenters. The molecule has 0 aliphatic rings. The van der Waals surface area contributed by atoms with E-state index in [1.54, 1.807) is 6.07 Å². The Hall–Kier alpha value is -5.36. The molecule has 2 aromatic carbocycles. The molecule has 41 heavy (non-hydrogen) atoms. The van der Waals surface area contributed by atoms with Gasteiger partial charge in [0, 0.05) is 35.8 Å². The fraction of sp³-hybridized carbons (Fsp3) is 0.103. The molecule has 0 saturated carbocycles. The molecule has 3 aromatic heterocycles. The SMILES string of the molecule is COc1cc2nccc(Oc3ccc(NC(=O)c4ccc(CO)n(-c5ccc(F)cc5)c4=O)cc3F)c2nc1OC. The quantitative estimate of drug-likeness (QED) is 0.282. The van der Waals surface area contributed by atoms with Gasteiger partial charge in [0.15, 0.2) is 23.1 Å². The number of anilines is 1. The van der Waals surface area contributed by atoms with Gasteiger partial charge in [-0.05, 0) is 48.5 Å². The molecule has 0 fully saturated rings. The van der Waals surface area contributed by atoms with Crippen LogP contribution in [0.1, 0.15) is 16.1 Å². The van der Waals surface area contributed by atoms with Gasteiger partial charge in [-0.3, -0.25) is 19.1 Å². The molecule has 5 aromatic rings. The van der Waals surface area contributed by atoms with Crippen molar-refractivity contribution in [3.8, 4) is 28.8 Å². The third-order valence-electron chi connectivity index (χ3n) is 6.08. The Balaban J connectivity index is 1.41. The molecule has 2 N–H and O–H groups in total. The van der Waals surface area contributed by atoms with Crippen LogP contribution < -0.4 is 25.1 Å². The highest BCUT2D eigenvalue weighted by Gasteiger charge is 2.18. The Bertz CT molecular complexity index is 1830. The number of hydrogen-bond donors (Lipinski definition) is 2. The average Bonchev–Trinajstić information content (AvgIpc) is 2.98. The Morgan fingerprint density at radius 3 is 2.41 bits per heavy atom. The second kappa shape index (κ2) is 11.4. The largest absolute Gasteiger partial charge is 0.491 e. The summed E-state index contributed by atoms with van der Waals surface area (Å²) in [5.74, 6) is -1.51. The molecule has 0 spiro atoms. The van der Waals surface area contributed by atoms with Crippen LogP contribution in [-0.4, -0.2) is 39.8 Å². The van der Waals surface area contributed by atoms with E-state index in [4.69, 9.17) is 14.2 Å². The Kier molecular flexibility index (Phi) is 7.57. The van der Waals surface area contributed by atoms with E-state index in [0.29, 0.717) is 16.8 Å². The number of halogens is 2. The summed E-state index contributed by atoms with van der Waals surface area (Å²) in [6.07, 6.45) is 1.47. The molecule has 1 amide bonds.